The minimum atomic E-state index is -3.87. The van der Waals surface area contributed by atoms with Crippen LogP contribution >= 0.6 is 11.3 Å². The van der Waals surface area contributed by atoms with Crippen molar-refractivity contribution in [2.75, 3.05) is 16.6 Å². The Kier molecular flexibility index (Phi) is 7.01. The van der Waals surface area contributed by atoms with E-state index in [0.717, 1.165) is 17.8 Å². The van der Waals surface area contributed by atoms with E-state index in [2.05, 4.69) is 20.2 Å². The summed E-state index contributed by atoms with van der Waals surface area (Å²) in [5.74, 6) is 0.199. The standard InChI is InChI=1S/C20H22N4O4S2/c1-3-6-18-22-23-20(29-18)21-19(25)14-7-5-8-17(13-14)30(26,27)24-15-9-11-16(12-10-15)28-4-2/h5,7-13,24H,3-4,6H2,1-2H3,(H,21,23,25). The Balaban J connectivity index is 1.73. The zero-order chi connectivity index (χ0) is 21.6. The quantitative estimate of drug-likeness (QED) is 0.515. The number of benzene rings is 2. The van der Waals surface area contributed by atoms with Gasteiger partial charge in [0.25, 0.3) is 15.9 Å². The average Bonchev–Trinajstić information content (AvgIpc) is 3.17. The van der Waals surface area contributed by atoms with Crippen molar-refractivity contribution in [1.29, 1.82) is 0 Å². The van der Waals surface area contributed by atoms with E-state index in [1.165, 1.54) is 29.5 Å². The SMILES string of the molecule is CCCc1nnc(NC(=O)c2cccc(S(=O)(=O)Nc3ccc(OCC)cc3)c2)s1. The third-order valence-corrected chi connectivity index (χ3v) is 6.25. The smallest absolute Gasteiger partial charge is 0.261 e. The topological polar surface area (TPSA) is 110 Å². The van der Waals surface area contributed by atoms with Gasteiger partial charge in [-0.1, -0.05) is 24.3 Å². The number of carbonyl (C=O) groups is 1. The summed E-state index contributed by atoms with van der Waals surface area (Å²) >= 11 is 1.30. The van der Waals surface area contributed by atoms with Crippen molar-refractivity contribution >= 4 is 38.1 Å². The molecule has 158 valence electrons. The van der Waals surface area contributed by atoms with E-state index in [4.69, 9.17) is 4.74 Å². The van der Waals surface area contributed by atoms with Gasteiger partial charge < -0.3 is 4.74 Å². The van der Waals surface area contributed by atoms with Crippen LogP contribution in [0.2, 0.25) is 0 Å². The van der Waals surface area contributed by atoms with Gasteiger partial charge in [0.05, 0.1) is 11.5 Å². The Hall–Kier alpha value is -2.98. The van der Waals surface area contributed by atoms with Crippen molar-refractivity contribution < 1.29 is 17.9 Å². The van der Waals surface area contributed by atoms with Gasteiger partial charge in [-0.05, 0) is 55.8 Å². The van der Waals surface area contributed by atoms with Crippen molar-refractivity contribution in [2.45, 2.75) is 31.6 Å². The normalized spacial score (nSPS) is 11.1. The summed E-state index contributed by atoms with van der Waals surface area (Å²) < 4.78 is 33.3. The van der Waals surface area contributed by atoms with Gasteiger partial charge in [0.2, 0.25) is 5.13 Å². The third-order valence-electron chi connectivity index (χ3n) is 3.98. The lowest BCUT2D eigenvalue weighted by Crippen LogP contribution is -2.16. The fourth-order valence-corrected chi connectivity index (χ4v) is 4.53. The first kappa shape index (κ1) is 21.7. The molecule has 10 heteroatoms. The van der Waals surface area contributed by atoms with Crippen LogP contribution in [0.1, 0.15) is 35.6 Å². The fraction of sp³-hybridized carbons (Fsp3) is 0.250. The molecule has 3 aromatic rings. The molecule has 1 amide bonds. The summed E-state index contributed by atoms with van der Waals surface area (Å²) in [7, 11) is -3.87. The van der Waals surface area contributed by atoms with Crippen LogP contribution in [0.25, 0.3) is 0 Å². The predicted octanol–water partition coefficient (Wildman–Crippen LogP) is 3.94. The Morgan fingerprint density at radius 3 is 2.57 bits per heavy atom. The summed E-state index contributed by atoms with van der Waals surface area (Å²) in [5.41, 5.74) is 0.599. The van der Waals surface area contributed by atoms with E-state index >= 15 is 0 Å². The summed E-state index contributed by atoms with van der Waals surface area (Å²) in [6.45, 7) is 4.43. The van der Waals surface area contributed by atoms with Gasteiger partial charge in [-0.3, -0.25) is 14.8 Å². The van der Waals surface area contributed by atoms with Crippen LogP contribution in [-0.2, 0) is 16.4 Å². The second-order valence-corrected chi connectivity index (χ2v) is 9.04. The van der Waals surface area contributed by atoms with Crippen LogP contribution in [0.3, 0.4) is 0 Å². The Bertz CT molecular complexity index is 1110. The lowest BCUT2D eigenvalue weighted by Gasteiger charge is -2.10. The van der Waals surface area contributed by atoms with Gasteiger partial charge in [-0.15, -0.1) is 10.2 Å². The number of aryl methyl sites for hydroxylation is 1. The van der Waals surface area contributed by atoms with Gasteiger partial charge in [0.1, 0.15) is 10.8 Å². The number of nitrogens with zero attached hydrogens (tertiary/aromatic N) is 2. The summed E-state index contributed by atoms with van der Waals surface area (Å²) in [6.07, 6.45) is 1.72. The summed E-state index contributed by atoms with van der Waals surface area (Å²) in [5, 5.41) is 11.8. The highest BCUT2D eigenvalue weighted by molar-refractivity contribution is 7.92. The molecule has 0 fully saturated rings. The number of rotatable bonds is 9. The predicted molar refractivity (Wildman–Crippen MR) is 117 cm³/mol. The highest BCUT2D eigenvalue weighted by atomic mass is 32.2. The molecule has 0 saturated carbocycles. The van der Waals surface area contributed by atoms with Gasteiger partial charge >= 0.3 is 0 Å². The van der Waals surface area contributed by atoms with Gasteiger partial charge in [-0.2, -0.15) is 0 Å². The molecule has 0 spiro atoms. The maximum atomic E-state index is 12.7. The second kappa shape index (κ2) is 9.68. The van der Waals surface area contributed by atoms with Crippen molar-refractivity contribution in [3.05, 3.63) is 59.1 Å². The van der Waals surface area contributed by atoms with Crippen LogP contribution in [0.15, 0.2) is 53.4 Å². The molecule has 0 aliphatic rings. The van der Waals surface area contributed by atoms with E-state index in [0.29, 0.717) is 23.2 Å². The van der Waals surface area contributed by atoms with Gasteiger partial charge in [0.15, 0.2) is 0 Å². The minimum Gasteiger partial charge on any atom is -0.494 e. The molecule has 0 radical (unpaired) electrons. The van der Waals surface area contributed by atoms with E-state index < -0.39 is 15.9 Å². The zero-order valence-electron chi connectivity index (χ0n) is 16.6. The fourth-order valence-electron chi connectivity index (χ4n) is 2.59. The van der Waals surface area contributed by atoms with Crippen molar-refractivity contribution in [1.82, 2.24) is 10.2 Å². The van der Waals surface area contributed by atoms with Crippen molar-refractivity contribution in [2.24, 2.45) is 0 Å². The van der Waals surface area contributed by atoms with Crippen LogP contribution in [-0.4, -0.2) is 31.1 Å². The number of carbonyl (C=O) groups excluding carboxylic acids is 1. The highest BCUT2D eigenvalue weighted by Crippen LogP contribution is 2.21. The van der Waals surface area contributed by atoms with Crippen molar-refractivity contribution in [3.8, 4) is 5.75 Å². The van der Waals surface area contributed by atoms with Gasteiger partial charge in [0, 0.05) is 17.7 Å². The number of hydrogen-bond acceptors (Lipinski definition) is 7. The largest absolute Gasteiger partial charge is 0.494 e. The lowest BCUT2D eigenvalue weighted by molar-refractivity contribution is 0.102. The lowest BCUT2D eigenvalue weighted by atomic mass is 10.2. The number of ether oxygens (including phenoxy) is 1. The molecular weight excluding hydrogens is 424 g/mol. The molecule has 1 heterocycles. The average molecular weight is 447 g/mol. The van der Waals surface area contributed by atoms with Crippen LogP contribution in [0.4, 0.5) is 10.8 Å². The number of nitrogens with one attached hydrogen (secondary N) is 2. The first-order valence-electron chi connectivity index (χ1n) is 9.40. The Morgan fingerprint density at radius 2 is 1.87 bits per heavy atom. The van der Waals surface area contributed by atoms with Crippen LogP contribution < -0.4 is 14.8 Å². The number of hydrogen-bond donors (Lipinski definition) is 2. The number of aromatic nitrogens is 2. The number of amides is 1. The second-order valence-electron chi connectivity index (χ2n) is 6.30. The molecule has 3 rings (SSSR count). The minimum absolute atomic E-state index is 0.0204. The molecule has 8 nitrogen and oxygen atoms in total. The molecule has 1 aromatic heterocycles. The van der Waals surface area contributed by atoms with Crippen LogP contribution in [0, 0.1) is 0 Å². The highest BCUT2D eigenvalue weighted by Gasteiger charge is 2.17. The van der Waals surface area contributed by atoms with Gasteiger partial charge in [-0.25, -0.2) is 8.42 Å². The molecule has 0 unspecified atom stereocenters. The van der Waals surface area contributed by atoms with E-state index in [-0.39, 0.29) is 10.5 Å². The number of anilines is 2. The molecular formula is C20H22N4O4S2. The first-order chi connectivity index (χ1) is 14.4. The van der Waals surface area contributed by atoms with Crippen LogP contribution in [0.5, 0.6) is 5.75 Å². The molecule has 2 aromatic carbocycles. The maximum Gasteiger partial charge on any atom is 0.261 e. The molecule has 30 heavy (non-hydrogen) atoms. The van der Waals surface area contributed by atoms with E-state index in [1.807, 2.05) is 13.8 Å². The van der Waals surface area contributed by atoms with Crippen molar-refractivity contribution in [3.63, 3.8) is 0 Å². The Labute approximate surface area is 179 Å². The molecule has 0 atom stereocenters. The maximum absolute atomic E-state index is 12.7. The molecule has 0 aliphatic carbocycles. The zero-order valence-corrected chi connectivity index (χ0v) is 18.2. The van der Waals surface area contributed by atoms with E-state index in [1.54, 1.807) is 30.3 Å². The number of sulfonamides is 1. The molecule has 0 saturated heterocycles. The summed E-state index contributed by atoms with van der Waals surface area (Å²) in [6, 6.07) is 12.4. The molecule has 2 N–H and O–H groups in total. The monoisotopic (exact) mass is 446 g/mol. The summed E-state index contributed by atoms with van der Waals surface area (Å²) in [4.78, 5) is 12.5. The first-order valence-corrected chi connectivity index (χ1v) is 11.7. The third kappa shape index (κ3) is 5.55. The Morgan fingerprint density at radius 1 is 1.10 bits per heavy atom. The van der Waals surface area contributed by atoms with E-state index in [9.17, 15) is 13.2 Å². The molecule has 0 aliphatic heterocycles. The molecule has 0 bridgehead atoms.